The first-order chi connectivity index (χ1) is 14.9. The van der Waals surface area contributed by atoms with E-state index >= 15 is 0 Å². The number of unbranched alkanes of at least 4 members (excludes halogenated alkanes) is 1. The van der Waals surface area contributed by atoms with Gasteiger partial charge in [0.1, 0.15) is 11.6 Å². The lowest BCUT2D eigenvalue weighted by molar-refractivity contribution is -0.138. The van der Waals surface area contributed by atoms with E-state index in [1.807, 2.05) is 6.07 Å². The van der Waals surface area contributed by atoms with Gasteiger partial charge in [-0.05, 0) is 55.4 Å². The molecule has 2 N–H and O–H groups in total. The Bertz CT molecular complexity index is 892. The van der Waals surface area contributed by atoms with E-state index in [0.29, 0.717) is 30.6 Å². The van der Waals surface area contributed by atoms with Crippen molar-refractivity contribution in [2.75, 3.05) is 19.0 Å². The SMILES string of the molecule is COc1cncc([C@@H](CC(=O)O)CC(F)(F)CCCCc2ccc3c(n2)NCCC3)c1. The Kier molecular flexibility index (Phi) is 7.76. The van der Waals surface area contributed by atoms with Crippen LogP contribution in [-0.4, -0.2) is 40.6 Å². The van der Waals surface area contributed by atoms with Crippen molar-refractivity contribution in [3.8, 4) is 5.75 Å². The maximum Gasteiger partial charge on any atom is 0.303 e. The third-order valence-electron chi connectivity index (χ3n) is 5.58. The molecule has 6 nitrogen and oxygen atoms in total. The molecule has 0 bridgehead atoms. The number of fused-ring (bicyclic) bond motifs is 1. The number of nitrogens with one attached hydrogen (secondary N) is 1. The van der Waals surface area contributed by atoms with E-state index in [4.69, 9.17) is 4.74 Å². The summed E-state index contributed by atoms with van der Waals surface area (Å²) in [4.78, 5) is 19.8. The number of hydrogen-bond acceptors (Lipinski definition) is 5. The molecule has 0 aromatic carbocycles. The number of nitrogens with zero attached hydrogens (tertiary/aromatic N) is 2. The number of aliphatic carboxylic acids is 1. The molecule has 0 unspecified atom stereocenters. The summed E-state index contributed by atoms with van der Waals surface area (Å²) in [5.74, 6) is -3.58. The van der Waals surface area contributed by atoms with Crippen molar-refractivity contribution in [2.45, 2.75) is 63.2 Å². The number of anilines is 1. The molecule has 168 valence electrons. The fourth-order valence-electron chi connectivity index (χ4n) is 3.95. The lowest BCUT2D eigenvalue weighted by Gasteiger charge is -2.23. The van der Waals surface area contributed by atoms with Gasteiger partial charge in [-0.1, -0.05) is 6.07 Å². The number of rotatable bonds is 11. The molecule has 1 aliphatic rings. The Labute approximate surface area is 181 Å². The molecule has 0 saturated carbocycles. The maximum atomic E-state index is 14.7. The Morgan fingerprint density at radius 1 is 1.32 bits per heavy atom. The predicted molar refractivity (Wildman–Crippen MR) is 114 cm³/mol. The van der Waals surface area contributed by atoms with Gasteiger partial charge < -0.3 is 15.2 Å². The number of aryl methyl sites for hydroxylation is 2. The standard InChI is InChI=1S/C23H29F2N3O3/c1-31-20-11-18(14-26-15-20)17(12-21(29)30)13-23(24,25)9-3-2-6-19-8-7-16-5-4-10-27-22(16)28-19/h7-8,11,14-15,17H,2-6,9-10,12-13H2,1H3,(H,27,28)(H,29,30)/t17-/m0/s1. The van der Waals surface area contributed by atoms with Crippen molar-refractivity contribution in [3.05, 3.63) is 47.4 Å². The van der Waals surface area contributed by atoms with Gasteiger partial charge >= 0.3 is 5.97 Å². The maximum absolute atomic E-state index is 14.7. The van der Waals surface area contributed by atoms with E-state index in [-0.39, 0.29) is 12.8 Å². The Hall–Kier alpha value is -2.77. The van der Waals surface area contributed by atoms with Crippen LogP contribution in [0.5, 0.6) is 5.75 Å². The van der Waals surface area contributed by atoms with Crippen molar-refractivity contribution in [1.29, 1.82) is 0 Å². The number of carbonyl (C=O) groups is 1. The van der Waals surface area contributed by atoms with Crippen LogP contribution in [0, 0.1) is 0 Å². The van der Waals surface area contributed by atoms with E-state index in [1.165, 1.54) is 25.1 Å². The van der Waals surface area contributed by atoms with E-state index in [2.05, 4.69) is 21.4 Å². The van der Waals surface area contributed by atoms with Crippen LogP contribution in [-0.2, 0) is 17.6 Å². The minimum absolute atomic E-state index is 0.288. The topological polar surface area (TPSA) is 84.3 Å². The zero-order valence-electron chi connectivity index (χ0n) is 17.7. The fourth-order valence-corrected chi connectivity index (χ4v) is 3.95. The molecule has 2 aromatic rings. The first-order valence-electron chi connectivity index (χ1n) is 10.7. The fraction of sp³-hybridized carbons (Fsp3) is 0.522. The molecular formula is C23H29F2N3O3. The highest BCUT2D eigenvalue weighted by Crippen LogP contribution is 2.36. The minimum atomic E-state index is -2.96. The first kappa shape index (κ1) is 22.9. The number of halogens is 2. The quantitative estimate of drug-likeness (QED) is 0.494. The summed E-state index contributed by atoms with van der Waals surface area (Å²) >= 11 is 0. The van der Waals surface area contributed by atoms with Crippen molar-refractivity contribution in [1.82, 2.24) is 9.97 Å². The number of pyridine rings is 2. The van der Waals surface area contributed by atoms with Gasteiger partial charge in [0.15, 0.2) is 0 Å². The van der Waals surface area contributed by atoms with Crippen LogP contribution < -0.4 is 10.1 Å². The molecular weight excluding hydrogens is 404 g/mol. The second-order valence-corrected chi connectivity index (χ2v) is 8.06. The van der Waals surface area contributed by atoms with Crippen LogP contribution in [0.15, 0.2) is 30.6 Å². The monoisotopic (exact) mass is 433 g/mol. The third kappa shape index (κ3) is 6.87. The minimum Gasteiger partial charge on any atom is -0.495 e. The molecule has 0 fully saturated rings. The highest BCUT2D eigenvalue weighted by atomic mass is 19.3. The van der Waals surface area contributed by atoms with Crippen LogP contribution in [0.4, 0.5) is 14.6 Å². The van der Waals surface area contributed by atoms with Crippen LogP contribution in [0.1, 0.15) is 61.3 Å². The summed E-state index contributed by atoms with van der Waals surface area (Å²) in [6, 6.07) is 5.62. The van der Waals surface area contributed by atoms with E-state index < -0.39 is 24.2 Å². The number of ether oxygens (including phenoxy) is 1. The van der Waals surface area contributed by atoms with Crippen LogP contribution in [0.2, 0.25) is 0 Å². The second-order valence-electron chi connectivity index (χ2n) is 8.06. The Morgan fingerprint density at radius 2 is 2.16 bits per heavy atom. The van der Waals surface area contributed by atoms with E-state index in [1.54, 1.807) is 6.07 Å². The zero-order chi connectivity index (χ0) is 22.3. The van der Waals surface area contributed by atoms with Crippen LogP contribution in [0.3, 0.4) is 0 Å². The summed E-state index contributed by atoms with van der Waals surface area (Å²) in [5.41, 5.74) is 2.56. The molecule has 0 amide bonds. The van der Waals surface area contributed by atoms with Crippen molar-refractivity contribution in [2.24, 2.45) is 0 Å². The van der Waals surface area contributed by atoms with Crippen molar-refractivity contribution in [3.63, 3.8) is 0 Å². The number of hydrogen-bond donors (Lipinski definition) is 2. The van der Waals surface area contributed by atoms with E-state index in [0.717, 1.165) is 30.9 Å². The normalized spacial score (nSPS) is 14.4. The Morgan fingerprint density at radius 3 is 2.94 bits per heavy atom. The average molecular weight is 433 g/mol. The summed E-state index contributed by atoms with van der Waals surface area (Å²) in [5, 5.41) is 12.5. The van der Waals surface area contributed by atoms with Crippen LogP contribution in [0.25, 0.3) is 0 Å². The third-order valence-corrected chi connectivity index (χ3v) is 5.58. The lowest BCUT2D eigenvalue weighted by atomic mass is 9.89. The molecule has 8 heteroatoms. The summed E-state index contributed by atoms with van der Waals surface area (Å²) in [6.07, 6.45) is 5.39. The number of alkyl halides is 2. The molecule has 0 spiro atoms. The molecule has 2 aromatic heterocycles. The molecule has 3 heterocycles. The molecule has 0 saturated heterocycles. The van der Waals surface area contributed by atoms with Gasteiger partial charge in [0.2, 0.25) is 5.92 Å². The highest BCUT2D eigenvalue weighted by Gasteiger charge is 2.34. The van der Waals surface area contributed by atoms with Crippen LogP contribution >= 0.6 is 0 Å². The number of carboxylic acid groups (broad SMARTS) is 1. The first-order valence-corrected chi connectivity index (χ1v) is 10.7. The summed E-state index contributed by atoms with van der Waals surface area (Å²) in [7, 11) is 1.45. The summed E-state index contributed by atoms with van der Waals surface area (Å²) in [6.45, 7) is 0.913. The smallest absolute Gasteiger partial charge is 0.303 e. The van der Waals surface area contributed by atoms with Gasteiger partial charge in [-0.25, -0.2) is 13.8 Å². The highest BCUT2D eigenvalue weighted by molar-refractivity contribution is 5.68. The van der Waals surface area contributed by atoms with Gasteiger partial charge in [0.05, 0.1) is 19.7 Å². The predicted octanol–water partition coefficient (Wildman–Crippen LogP) is 4.84. The molecule has 31 heavy (non-hydrogen) atoms. The molecule has 0 aliphatic carbocycles. The number of methoxy groups -OCH3 is 1. The largest absolute Gasteiger partial charge is 0.495 e. The van der Waals surface area contributed by atoms with Crippen molar-refractivity contribution < 1.29 is 23.4 Å². The molecule has 1 atom stereocenters. The lowest BCUT2D eigenvalue weighted by Crippen LogP contribution is -2.22. The number of aromatic nitrogens is 2. The molecule has 1 aliphatic heterocycles. The Balaban J connectivity index is 1.54. The van der Waals surface area contributed by atoms with Gasteiger partial charge in [-0.2, -0.15) is 0 Å². The molecule has 0 radical (unpaired) electrons. The van der Waals surface area contributed by atoms with Gasteiger partial charge in [-0.15, -0.1) is 0 Å². The van der Waals surface area contributed by atoms with Gasteiger partial charge in [0, 0.05) is 37.2 Å². The number of carboxylic acids is 1. The average Bonchev–Trinajstić information content (AvgIpc) is 2.76. The molecule has 3 rings (SSSR count). The van der Waals surface area contributed by atoms with E-state index in [9.17, 15) is 18.7 Å². The second kappa shape index (κ2) is 10.5. The zero-order valence-corrected chi connectivity index (χ0v) is 17.7. The summed E-state index contributed by atoms with van der Waals surface area (Å²) < 4.78 is 34.4. The van der Waals surface area contributed by atoms with Crippen molar-refractivity contribution >= 4 is 11.8 Å². The van der Waals surface area contributed by atoms with Gasteiger partial charge in [0.25, 0.3) is 0 Å². The van der Waals surface area contributed by atoms with Gasteiger partial charge in [-0.3, -0.25) is 9.78 Å².